The van der Waals surface area contributed by atoms with Crippen LogP contribution in [0.25, 0.3) is 28.2 Å². The van der Waals surface area contributed by atoms with Crippen molar-refractivity contribution in [2.24, 2.45) is 7.05 Å². The lowest BCUT2D eigenvalue weighted by atomic mass is 9.88. The van der Waals surface area contributed by atoms with Gasteiger partial charge in [-0.05, 0) is 68.4 Å². The Labute approximate surface area is 240 Å². The van der Waals surface area contributed by atoms with Crippen molar-refractivity contribution in [1.29, 1.82) is 5.26 Å². The molecule has 1 fully saturated rings. The number of pyridine rings is 1. The van der Waals surface area contributed by atoms with Crippen molar-refractivity contribution in [3.63, 3.8) is 0 Å². The standard InChI is InChI=1S/C30H27F2N9O/c1-39-29(20-10-15-40(16-11-20)14-2-12-33)27(28(38-39)19-3-5-22(31)6-4-19)23-7-8-26-35-25(18-41(26)37-23)36-30(42)21-9-13-34-24(32)17-21/h3-9,13,17-18,20H,2,10-11,14-16H2,1H3,(H,36,42). The molecule has 1 aliphatic rings. The number of hydrogen-bond acceptors (Lipinski definition) is 7. The van der Waals surface area contributed by atoms with Crippen LogP contribution in [-0.2, 0) is 7.05 Å². The van der Waals surface area contributed by atoms with Crippen LogP contribution in [0.4, 0.5) is 14.6 Å². The maximum absolute atomic E-state index is 13.8. The van der Waals surface area contributed by atoms with E-state index in [2.05, 4.69) is 26.3 Å². The first-order chi connectivity index (χ1) is 20.4. The van der Waals surface area contributed by atoms with Crippen LogP contribution in [0.15, 0.2) is 60.9 Å². The van der Waals surface area contributed by atoms with Crippen molar-refractivity contribution >= 4 is 17.4 Å². The topological polar surface area (TPSA) is 117 Å². The van der Waals surface area contributed by atoms with Gasteiger partial charge in [0, 0.05) is 49.3 Å². The molecule has 42 heavy (non-hydrogen) atoms. The number of aryl methyl sites for hydroxylation is 1. The summed E-state index contributed by atoms with van der Waals surface area (Å²) in [4.78, 5) is 22.9. The van der Waals surface area contributed by atoms with E-state index < -0.39 is 11.9 Å². The van der Waals surface area contributed by atoms with Gasteiger partial charge in [-0.2, -0.15) is 19.8 Å². The summed E-state index contributed by atoms with van der Waals surface area (Å²) in [6.07, 6.45) is 5.13. The monoisotopic (exact) mass is 567 g/mol. The zero-order valence-electron chi connectivity index (χ0n) is 22.8. The van der Waals surface area contributed by atoms with E-state index in [-0.39, 0.29) is 23.1 Å². The number of nitrogens with one attached hydrogen (secondary N) is 1. The van der Waals surface area contributed by atoms with Gasteiger partial charge in [0.05, 0.1) is 29.2 Å². The normalized spacial score (nSPS) is 14.2. The predicted molar refractivity (Wildman–Crippen MR) is 151 cm³/mol. The first kappa shape index (κ1) is 27.2. The number of rotatable bonds is 7. The third kappa shape index (κ3) is 5.46. The maximum atomic E-state index is 13.8. The van der Waals surface area contributed by atoms with Crippen molar-refractivity contribution in [2.45, 2.75) is 25.2 Å². The molecule has 6 rings (SSSR count). The number of anilines is 1. The fourth-order valence-electron chi connectivity index (χ4n) is 5.51. The molecule has 1 saturated heterocycles. The molecule has 212 valence electrons. The van der Waals surface area contributed by atoms with Crippen LogP contribution in [0, 0.1) is 23.1 Å². The molecule has 4 aromatic heterocycles. The summed E-state index contributed by atoms with van der Waals surface area (Å²) >= 11 is 0. The average Bonchev–Trinajstić information content (AvgIpc) is 3.56. The van der Waals surface area contributed by atoms with Crippen LogP contribution in [0.3, 0.4) is 0 Å². The number of nitriles is 1. The molecule has 10 nitrogen and oxygen atoms in total. The predicted octanol–water partition coefficient (Wildman–Crippen LogP) is 4.82. The third-order valence-electron chi connectivity index (χ3n) is 7.53. The van der Waals surface area contributed by atoms with Crippen LogP contribution >= 0.6 is 0 Å². The van der Waals surface area contributed by atoms with E-state index in [9.17, 15) is 13.6 Å². The Morgan fingerprint density at radius 2 is 1.88 bits per heavy atom. The lowest BCUT2D eigenvalue weighted by Gasteiger charge is -2.32. The summed E-state index contributed by atoms with van der Waals surface area (Å²) in [5.74, 6) is -1.13. The number of hydrogen-bond donors (Lipinski definition) is 1. The number of carbonyl (C=O) groups is 1. The number of amides is 1. The molecule has 0 atom stereocenters. The highest BCUT2D eigenvalue weighted by molar-refractivity contribution is 6.03. The number of aromatic nitrogens is 6. The second-order valence-electron chi connectivity index (χ2n) is 10.2. The second kappa shape index (κ2) is 11.5. The van der Waals surface area contributed by atoms with E-state index >= 15 is 0 Å². The molecular weight excluding hydrogens is 540 g/mol. The molecule has 0 unspecified atom stereocenters. The highest BCUT2D eigenvalue weighted by Gasteiger charge is 2.29. The van der Waals surface area contributed by atoms with Crippen molar-refractivity contribution in [3.8, 4) is 28.6 Å². The summed E-state index contributed by atoms with van der Waals surface area (Å²) in [6, 6.07) is 14.6. The lowest BCUT2D eigenvalue weighted by Crippen LogP contribution is -2.34. The lowest BCUT2D eigenvalue weighted by molar-refractivity contribution is 0.102. The van der Waals surface area contributed by atoms with Gasteiger partial charge in [-0.15, -0.1) is 0 Å². The number of nitrogens with zero attached hydrogens (tertiary/aromatic N) is 8. The number of benzene rings is 1. The smallest absolute Gasteiger partial charge is 0.257 e. The fourth-order valence-corrected chi connectivity index (χ4v) is 5.51. The number of carbonyl (C=O) groups excluding carboxylic acids is 1. The summed E-state index contributed by atoms with van der Waals surface area (Å²) in [5, 5.41) is 21.4. The Balaban J connectivity index is 1.36. The van der Waals surface area contributed by atoms with E-state index in [4.69, 9.17) is 15.5 Å². The fraction of sp³-hybridized carbons (Fsp3) is 0.267. The van der Waals surface area contributed by atoms with E-state index in [0.29, 0.717) is 23.5 Å². The molecule has 0 radical (unpaired) electrons. The van der Waals surface area contributed by atoms with Crippen LogP contribution in [0.2, 0.25) is 0 Å². The minimum absolute atomic E-state index is 0.121. The minimum Gasteiger partial charge on any atom is -0.305 e. The number of fused-ring (bicyclic) bond motifs is 1. The highest BCUT2D eigenvalue weighted by Crippen LogP contribution is 2.40. The first-order valence-electron chi connectivity index (χ1n) is 13.6. The highest BCUT2D eigenvalue weighted by atomic mass is 19.1. The van der Waals surface area contributed by atoms with Gasteiger partial charge in [-0.1, -0.05) is 0 Å². The molecule has 1 aromatic carbocycles. The Morgan fingerprint density at radius 3 is 2.62 bits per heavy atom. The Hall–Kier alpha value is -5.02. The van der Waals surface area contributed by atoms with Gasteiger partial charge in [0.1, 0.15) is 11.5 Å². The number of piperidine rings is 1. The van der Waals surface area contributed by atoms with Crippen LogP contribution in [0.5, 0.6) is 0 Å². The van der Waals surface area contributed by atoms with Crippen molar-refractivity contribution in [1.82, 2.24) is 34.3 Å². The molecule has 0 aliphatic carbocycles. The molecular formula is C30H27F2N9O. The molecule has 12 heteroatoms. The van der Waals surface area contributed by atoms with Crippen molar-refractivity contribution < 1.29 is 13.6 Å². The number of likely N-dealkylation sites (tertiary alicyclic amines) is 1. The van der Waals surface area contributed by atoms with Gasteiger partial charge in [-0.3, -0.25) is 9.48 Å². The quantitative estimate of drug-likeness (QED) is 0.280. The molecule has 1 N–H and O–H groups in total. The van der Waals surface area contributed by atoms with Crippen molar-refractivity contribution in [3.05, 3.63) is 83.9 Å². The summed E-state index contributed by atoms with van der Waals surface area (Å²) in [7, 11) is 1.92. The number of halogens is 2. The third-order valence-corrected chi connectivity index (χ3v) is 7.53. The van der Waals surface area contributed by atoms with Gasteiger partial charge >= 0.3 is 0 Å². The van der Waals surface area contributed by atoms with Crippen LogP contribution < -0.4 is 5.32 Å². The Morgan fingerprint density at radius 1 is 1.10 bits per heavy atom. The van der Waals surface area contributed by atoms with Gasteiger partial charge in [0.15, 0.2) is 11.5 Å². The van der Waals surface area contributed by atoms with Gasteiger partial charge in [0.25, 0.3) is 5.91 Å². The van der Waals surface area contributed by atoms with Gasteiger partial charge in [-0.25, -0.2) is 18.9 Å². The van der Waals surface area contributed by atoms with Gasteiger partial charge in [0.2, 0.25) is 5.95 Å². The van der Waals surface area contributed by atoms with E-state index in [1.807, 2.05) is 17.8 Å². The summed E-state index contributed by atoms with van der Waals surface area (Å²) in [6.45, 7) is 2.51. The summed E-state index contributed by atoms with van der Waals surface area (Å²) in [5.41, 5.74) is 4.64. The van der Waals surface area contributed by atoms with Crippen LogP contribution in [-0.4, -0.2) is 59.8 Å². The first-order valence-corrected chi connectivity index (χ1v) is 13.6. The van der Waals surface area contributed by atoms with Crippen molar-refractivity contribution in [2.75, 3.05) is 25.0 Å². The second-order valence-corrected chi connectivity index (χ2v) is 10.2. The van der Waals surface area contributed by atoms with Gasteiger partial charge < -0.3 is 10.2 Å². The van der Waals surface area contributed by atoms with E-state index in [1.54, 1.807) is 28.9 Å². The Bertz CT molecular complexity index is 1800. The molecule has 0 saturated carbocycles. The van der Waals surface area contributed by atoms with Crippen LogP contribution in [0.1, 0.15) is 41.2 Å². The SMILES string of the molecule is Cn1nc(-c2ccc(F)cc2)c(-c2ccc3nc(NC(=O)c4ccnc(F)c4)cn3n2)c1C1CCN(CCC#N)CC1. The zero-order valence-corrected chi connectivity index (χ0v) is 22.8. The molecule has 5 heterocycles. The maximum Gasteiger partial charge on any atom is 0.257 e. The Kier molecular flexibility index (Phi) is 7.41. The average molecular weight is 568 g/mol. The number of imidazole rings is 1. The zero-order chi connectivity index (χ0) is 29.2. The molecule has 0 bridgehead atoms. The summed E-state index contributed by atoms with van der Waals surface area (Å²) < 4.78 is 30.8. The molecule has 0 spiro atoms. The van der Waals surface area contributed by atoms with E-state index in [0.717, 1.165) is 55.4 Å². The minimum atomic E-state index is -0.749. The largest absolute Gasteiger partial charge is 0.305 e. The van der Waals surface area contributed by atoms with E-state index in [1.165, 1.54) is 24.4 Å². The molecule has 5 aromatic rings. The molecule has 1 amide bonds. The molecule has 1 aliphatic heterocycles.